The Morgan fingerprint density at radius 2 is 1.90 bits per heavy atom. The highest BCUT2D eigenvalue weighted by Gasteiger charge is 2.16. The molecule has 2 rings (SSSR count). The quantitative estimate of drug-likeness (QED) is 0.847. The number of para-hydroxylation sites is 1. The van der Waals surface area contributed by atoms with Gasteiger partial charge in [0.1, 0.15) is 10.7 Å². The van der Waals surface area contributed by atoms with E-state index in [1.54, 1.807) is 30.3 Å². The van der Waals surface area contributed by atoms with Gasteiger partial charge in [0.2, 0.25) is 10.0 Å². The third-order valence-corrected chi connectivity index (χ3v) is 4.90. The highest BCUT2D eigenvalue weighted by Crippen LogP contribution is 2.22. The lowest BCUT2D eigenvalue weighted by Gasteiger charge is -2.12. The van der Waals surface area contributed by atoms with E-state index in [2.05, 4.69) is 26.0 Å². The minimum atomic E-state index is -3.56. The molecule has 0 atom stereocenters. The first-order valence-corrected chi connectivity index (χ1v) is 8.42. The van der Waals surface area contributed by atoms with E-state index in [4.69, 9.17) is 0 Å². The van der Waals surface area contributed by atoms with Crippen LogP contribution < -0.4 is 10.0 Å². The molecule has 0 amide bonds. The van der Waals surface area contributed by atoms with Crippen molar-refractivity contribution in [1.29, 1.82) is 0 Å². The van der Waals surface area contributed by atoms with Crippen LogP contribution in [0.25, 0.3) is 0 Å². The second-order valence-electron chi connectivity index (χ2n) is 4.29. The van der Waals surface area contributed by atoms with Crippen molar-refractivity contribution in [2.75, 3.05) is 12.4 Å². The van der Waals surface area contributed by atoms with Crippen molar-refractivity contribution < 1.29 is 12.8 Å². The number of hydrogen-bond acceptors (Lipinski definition) is 3. The predicted octanol–water partition coefficient (Wildman–Crippen LogP) is 3.11. The number of hydrogen-bond donors (Lipinski definition) is 2. The van der Waals surface area contributed by atoms with Crippen molar-refractivity contribution in [2.24, 2.45) is 0 Å². The van der Waals surface area contributed by atoms with Gasteiger partial charge in [-0.1, -0.05) is 34.1 Å². The molecule has 0 bridgehead atoms. The van der Waals surface area contributed by atoms with Crippen molar-refractivity contribution in [3.05, 3.63) is 58.3 Å². The van der Waals surface area contributed by atoms with Gasteiger partial charge in [0, 0.05) is 16.6 Å². The van der Waals surface area contributed by atoms with Crippen LogP contribution in [0.2, 0.25) is 0 Å². The highest BCUT2D eigenvalue weighted by atomic mass is 79.9. The van der Waals surface area contributed by atoms with Gasteiger partial charge >= 0.3 is 0 Å². The number of anilines is 1. The van der Waals surface area contributed by atoms with Gasteiger partial charge in [0.05, 0.1) is 5.69 Å². The number of benzene rings is 2. The van der Waals surface area contributed by atoms with Gasteiger partial charge in [-0.15, -0.1) is 0 Å². The topological polar surface area (TPSA) is 58.2 Å². The Morgan fingerprint density at radius 1 is 1.19 bits per heavy atom. The fourth-order valence-corrected chi connectivity index (χ4v) is 3.05. The molecule has 0 spiro atoms. The fourth-order valence-electron chi connectivity index (χ4n) is 1.81. The highest BCUT2D eigenvalue weighted by molar-refractivity contribution is 9.10. The SMILES string of the molecule is CNS(=O)(=O)c1ccccc1NCc1ccc(Br)cc1F. The molecule has 0 heterocycles. The van der Waals surface area contributed by atoms with Gasteiger partial charge in [-0.05, 0) is 31.3 Å². The molecular weight excluding hydrogens is 359 g/mol. The van der Waals surface area contributed by atoms with Crippen LogP contribution in [0, 0.1) is 5.82 Å². The molecule has 0 aliphatic rings. The van der Waals surface area contributed by atoms with Crippen molar-refractivity contribution in [3.63, 3.8) is 0 Å². The number of sulfonamides is 1. The zero-order chi connectivity index (χ0) is 15.5. The maximum atomic E-state index is 13.8. The van der Waals surface area contributed by atoms with Gasteiger partial charge in [0.15, 0.2) is 0 Å². The molecule has 0 unspecified atom stereocenters. The molecule has 0 radical (unpaired) electrons. The molecule has 2 aromatic carbocycles. The lowest BCUT2D eigenvalue weighted by Crippen LogP contribution is -2.20. The van der Waals surface area contributed by atoms with Crippen LogP contribution in [0.4, 0.5) is 10.1 Å². The van der Waals surface area contributed by atoms with Crippen LogP contribution in [-0.4, -0.2) is 15.5 Å². The van der Waals surface area contributed by atoms with Gasteiger partial charge in [-0.25, -0.2) is 17.5 Å². The number of rotatable bonds is 5. The first kappa shape index (κ1) is 15.9. The number of nitrogens with one attached hydrogen (secondary N) is 2. The Bertz CT molecular complexity index is 750. The third-order valence-electron chi connectivity index (χ3n) is 2.93. The Hall–Kier alpha value is -1.44. The van der Waals surface area contributed by atoms with Gasteiger partial charge < -0.3 is 5.32 Å². The van der Waals surface area contributed by atoms with Crippen molar-refractivity contribution in [2.45, 2.75) is 11.4 Å². The summed E-state index contributed by atoms with van der Waals surface area (Å²) in [5.41, 5.74) is 0.879. The van der Waals surface area contributed by atoms with Crippen LogP contribution in [-0.2, 0) is 16.6 Å². The molecule has 0 saturated heterocycles. The molecule has 112 valence electrons. The maximum Gasteiger partial charge on any atom is 0.242 e. The Labute approximate surface area is 131 Å². The average Bonchev–Trinajstić information content (AvgIpc) is 2.46. The monoisotopic (exact) mass is 372 g/mol. The summed E-state index contributed by atoms with van der Waals surface area (Å²) in [7, 11) is -2.22. The molecular formula is C14H14BrFN2O2S. The largest absolute Gasteiger partial charge is 0.380 e. The summed E-state index contributed by atoms with van der Waals surface area (Å²) in [6.45, 7) is 0.190. The van der Waals surface area contributed by atoms with Gasteiger partial charge in [-0.2, -0.15) is 0 Å². The number of halogens is 2. The summed E-state index contributed by atoms with van der Waals surface area (Å²) < 4.78 is 40.5. The maximum absolute atomic E-state index is 13.8. The first-order chi connectivity index (χ1) is 9.94. The Kier molecular flexibility index (Phi) is 4.97. The second kappa shape index (κ2) is 6.55. The normalized spacial score (nSPS) is 11.4. The van der Waals surface area contributed by atoms with Crippen LogP contribution in [0.15, 0.2) is 51.8 Å². The van der Waals surface area contributed by atoms with Crippen LogP contribution in [0.5, 0.6) is 0 Å². The Morgan fingerprint density at radius 3 is 2.57 bits per heavy atom. The van der Waals surface area contributed by atoms with Crippen molar-refractivity contribution in [1.82, 2.24) is 4.72 Å². The molecule has 4 nitrogen and oxygen atoms in total. The molecule has 21 heavy (non-hydrogen) atoms. The van der Waals surface area contributed by atoms with Crippen LogP contribution in [0.1, 0.15) is 5.56 Å². The summed E-state index contributed by atoms with van der Waals surface area (Å²) >= 11 is 3.19. The lowest BCUT2D eigenvalue weighted by molar-refractivity contribution is 0.588. The first-order valence-electron chi connectivity index (χ1n) is 6.14. The van der Waals surface area contributed by atoms with E-state index in [0.717, 1.165) is 0 Å². The summed E-state index contributed by atoms with van der Waals surface area (Å²) in [6.07, 6.45) is 0. The molecule has 0 saturated carbocycles. The van der Waals surface area contributed by atoms with E-state index >= 15 is 0 Å². The van der Waals surface area contributed by atoms with Crippen molar-refractivity contribution >= 4 is 31.6 Å². The zero-order valence-electron chi connectivity index (χ0n) is 11.2. The minimum Gasteiger partial charge on any atom is -0.380 e. The predicted molar refractivity (Wildman–Crippen MR) is 84.1 cm³/mol. The molecule has 0 aromatic heterocycles. The zero-order valence-corrected chi connectivity index (χ0v) is 13.6. The van der Waals surface area contributed by atoms with E-state index in [0.29, 0.717) is 15.7 Å². The van der Waals surface area contributed by atoms with E-state index in [1.165, 1.54) is 19.2 Å². The lowest BCUT2D eigenvalue weighted by atomic mass is 10.2. The Balaban J connectivity index is 2.25. The van der Waals surface area contributed by atoms with E-state index in [1.807, 2.05) is 0 Å². The minimum absolute atomic E-state index is 0.130. The fraction of sp³-hybridized carbons (Fsp3) is 0.143. The average molecular weight is 373 g/mol. The van der Waals surface area contributed by atoms with Crippen LogP contribution in [0.3, 0.4) is 0 Å². The molecule has 0 aliphatic heterocycles. The molecule has 7 heteroatoms. The van der Waals surface area contributed by atoms with Crippen LogP contribution >= 0.6 is 15.9 Å². The summed E-state index contributed by atoms with van der Waals surface area (Å²) in [6, 6.07) is 11.2. The summed E-state index contributed by atoms with van der Waals surface area (Å²) in [4.78, 5) is 0.130. The molecule has 2 aromatic rings. The summed E-state index contributed by atoms with van der Waals surface area (Å²) in [5, 5.41) is 2.96. The second-order valence-corrected chi connectivity index (χ2v) is 7.06. The van der Waals surface area contributed by atoms with Gasteiger partial charge in [0.25, 0.3) is 0 Å². The van der Waals surface area contributed by atoms with Gasteiger partial charge in [-0.3, -0.25) is 0 Å². The van der Waals surface area contributed by atoms with Crippen molar-refractivity contribution in [3.8, 4) is 0 Å². The molecule has 0 fully saturated rings. The van der Waals surface area contributed by atoms with E-state index in [-0.39, 0.29) is 17.3 Å². The van der Waals surface area contributed by atoms with E-state index in [9.17, 15) is 12.8 Å². The smallest absolute Gasteiger partial charge is 0.242 e. The molecule has 0 aliphatic carbocycles. The standard InChI is InChI=1S/C14H14BrFN2O2S/c1-17-21(19,20)14-5-3-2-4-13(14)18-9-10-6-7-11(15)8-12(10)16/h2-8,17-18H,9H2,1H3. The third kappa shape index (κ3) is 3.81. The van der Waals surface area contributed by atoms with E-state index < -0.39 is 10.0 Å². The molecule has 2 N–H and O–H groups in total. The summed E-state index contributed by atoms with van der Waals surface area (Å²) in [5.74, 6) is -0.356.